The Morgan fingerprint density at radius 3 is 2.60 bits per heavy atom. The van der Waals surface area contributed by atoms with Gasteiger partial charge in [-0.05, 0) is 53.6 Å². The number of methoxy groups -OCH3 is 1. The number of aryl methyl sites for hydroxylation is 2. The quantitative estimate of drug-likeness (QED) is 0.546. The minimum Gasteiger partial charge on any atom is -0.494 e. The Kier molecular flexibility index (Phi) is 6.26. The second kappa shape index (κ2) is 9.03. The number of amides is 3. The molecule has 1 unspecified atom stereocenters. The zero-order chi connectivity index (χ0) is 21.7. The van der Waals surface area contributed by atoms with Crippen molar-refractivity contribution < 1.29 is 14.3 Å². The minimum atomic E-state index is -0.697. The zero-order valence-electron chi connectivity index (χ0n) is 16.9. The highest BCUT2D eigenvalue weighted by atomic mass is 16.5. The first-order chi connectivity index (χ1) is 14.4. The van der Waals surface area contributed by atoms with Gasteiger partial charge < -0.3 is 21.1 Å². The molecule has 0 radical (unpaired) electrons. The van der Waals surface area contributed by atoms with Gasteiger partial charge >= 0.3 is 6.03 Å². The summed E-state index contributed by atoms with van der Waals surface area (Å²) < 4.78 is 6.89. The standard InChI is InChI=1S/C20H23N7O3/c1-12-6-4-5-7-15(12)16(23-20(21)29)11-19(28)22-14-8-9-18(30-3)17(10-14)27-13(2)24-25-26-27/h4-10,16H,11H2,1-3H3,(H,22,28)(H3,21,23,29). The molecule has 1 atom stereocenters. The summed E-state index contributed by atoms with van der Waals surface area (Å²) in [6, 6.07) is 11.4. The van der Waals surface area contributed by atoms with Gasteiger partial charge in [0, 0.05) is 5.69 Å². The average Bonchev–Trinajstić information content (AvgIpc) is 3.13. The average molecular weight is 409 g/mol. The van der Waals surface area contributed by atoms with Gasteiger partial charge in [0.15, 0.2) is 5.82 Å². The van der Waals surface area contributed by atoms with Crippen molar-refractivity contribution >= 4 is 17.6 Å². The molecule has 0 fully saturated rings. The topological polar surface area (TPSA) is 137 Å². The largest absolute Gasteiger partial charge is 0.494 e. The third kappa shape index (κ3) is 4.72. The molecule has 1 heterocycles. The van der Waals surface area contributed by atoms with Crippen LogP contribution in [0.4, 0.5) is 10.5 Å². The van der Waals surface area contributed by atoms with E-state index in [1.54, 1.807) is 32.2 Å². The van der Waals surface area contributed by atoms with E-state index < -0.39 is 12.1 Å². The number of carbonyl (C=O) groups is 2. The Balaban J connectivity index is 1.82. The van der Waals surface area contributed by atoms with Crippen molar-refractivity contribution in [2.45, 2.75) is 26.3 Å². The lowest BCUT2D eigenvalue weighted by Gasteiger charge is -2.20. The summed E-state index contributed by atoms with van der Waals surface area (Å²) >= 11 is 0. The molecule has 0 spiro atoms. The Hall–Kier alpha value is -3.95. The van der Waals surface area contributed by atoms with Crippen molar-refractivity contribution in [3.8, 4) is 11.4 Å². The SMILES string of the molecule is COc1ccc(NC(=O)CC(NC(N)=O)c2ccccc2C)cc1-n1nnnc1C. The molecule has 3 aromatic rings. The molecule has 0 aliphatic rings. The van der Waals surface area contributed by atoms with E-state index in [0.717, 1.165) is 11.1 Å². The third-order valence-electron chi connectivity index (χ3n) is 4.59. The van der Waals surface area contributed by atoms with Crippen LogP contribution < -0.4 is 21.1 Å². The maximum atomic E-state index is 12.7. The Bertz CT molecular complexity index is 1060. The smallest absolute Gasteiger partial charge is 0.312 e. The van der Waals surface area contributed by atoms with Gasteiger partial charge in [0.1, 0.15) is 11.4 Å². The van der Waals surface area contributed by atoms with Crippen LogP contribution in [0.25, 0.3) is 5.69 Å². The van der Waals surface area contributed by atoms with Crippen LogP contribution in [0.5, 0.6) is 5.75 Å². The molecule has 3 rings (SSSR count). The van der Waals surface area contributed by atoms with Gasteiger partial charge in [0.25, 0.3) is 0 Å². The number of benzene rings is 2. The Labute approximate surface area is 173 Å². The number of primary amides is 1. The summed E-state index contributed by atoms with van der Waals surface area (Å²) in [6.45, 7) is 3.67. The first kappa shape index (κ1) is 20.8. The predicted octanol–water partition coefficient (Wildman–Crippen LogP) is 2.03. The number of aromatic nitrogens is 4. The summed E-state index contributed by atoms with van der Waals surface area (Å²) in [5, 5.41) is 16.9. The van der Waals surface area contributed by atoms with Crippen molar-refractivity contribution in [1.82, 2.24) is 25.5 Å². The Morgan fingerprint density at radius 1 is 1.20 bits per heavy atom. The van der Waals surface area contributed by atoms with E-state index in [2.05, 4.69) is 26.2 Å². The number of anilines is 1. The molecule has 10 heteroatoms. The maximum Gasteiger partial charge on any atom is 0.312 e. The molecule has 2 aromatic carbocycles. The van der Waals surface area contributed by atoms with Crippen LogP contribution >= 0.6 is 0 Å². The first-order valence-corrected chi connectivity index (χ1v) is 9.23. The van der Waals surface area contributed by atoms with Crippen molar-refractivity contribution in [2.75, 3.05) is 12.4 Å². The highest BCUT2D eigenvalue weighted by Gasteiger charge is 2.20. The summed E-state index contributed by atoms with van der Waals surface area (Å²) in [5.74, 6) is 0.834. The zero-order valence-corrected chi connectivity index (χ0v) is 16.9. The molecule has 1 aromatic heterocycles. The van der Waals surface area contributed by atoms with Crippen LogP contribution in [0.3, 0.4) is 0 Å². The number of rotatable bonds is 7. The van der Waals surface area contributed by atoms with Crippen molar-refractivity contribution in [2.24, 2.45) is 5.73 Å². The number of carbonyl (C=O) groups excluding carboxylic acids is 2. The van der Waals surface area contributed by atoms with Crippen molar-refractivity contribution in [3.63, 3.8) is 0 Å². The number of urea groups is 1. The molecule has 0 aliphatic heterocycles. The highest BCUT2D eigenvalue weighted by Crippen LogP contribution is 2.27. The van der Waals surface area contributed by atoms with E-state index in [1.165, 1.54) is 4.68 Å². The van der Waals surface area contributed by atoms with E-state index in [-0.39, 0.29) is 12.3 Å². The predicted molar refractivity (Wildman–Crippen MR) is 110 cm³/mol. The molecule has 4 N–H and O–H groups in total. The fraction of sp³-hybridized carbons (Fsp3) is 0.250. The monoisotopic (exact) mass is 409 g/mol. The van der Waals surface area contributed by atoms with Crippen molar-refractivity contribution in [1.29, 1.82) is 0 Å². The lowest BCUT2D eigenvalue weighted by Crippen LogP contribution is -2.35. The number of nitrogens with one attached hydrogen (secondary N) is 2. The van der Waals surface area contributed by atoms with Gasteiger partial charge in [-0.25, -0.2) is 4.79 Å². The van der Waals surface area contributed by atoms with Crippen LogP contribution in [0.15, 0.2) is 42.5 Å². The van der Waals surface area contributed by atoms with Gasteiger partial charge in [0.2, 0.25) is 5.91 Å². The number of nitrogens with zero attached hydrogens (tertiary/aromatic N) is 4. The molecule has 10 nitrogen and oxygen atoms in total. The molecular weight excluding hydrogens is 386 g/mol. The molecule has 156 valence electrons. The molecule has 0 saturated heterocycles. The fourth-order valence-electron chi connectivity index (χ4n) is 3.17. The van der Waals surface area contributed by atoms with Gasteiger partial charge in [-0.1, -0.05) is 24.3 Å². The number of hydrogen-bond acceptors (Lipinski definition) is 6. The second-order valence-electron chi connectivity index (χ2n) is 6.69. The minimum absolute atomic E-state index is 0.0130. The molecule has 3 amide bonds. The third-order valence-corrected chi connectivity index (χ3v) is 4.59. The fourth-order valence-corrected chi connectivity index (χ4v) is 3.17. The second-order valence-corrected chi connectivity index (χ2v) is 6.69. The van der Waals surface area contributed by atoms with E-state index in [1.807, 2.05) is 31.2 Å². The van der Waals surface area contributed by atoms with Crippen molar-refractivity contribution in [3.05, 3.63) is 59.4 Å². The molecule has 0 aliphatic carbocycles. The summed E-state index contributed by atoms with van der Waals surface area (Å²) in [7, 11) is 1.54. The number of ether oxygens (including phenoxy) is 1. The van der Waals surface area contributed by atoms with E-state index >= 15 is 0 Å². The normalized spacial score (nSPS) is 11.6. The summed E-state index contributed by atoms with van der Waals surface area (Å²) in [6.07, 6.45) is 0.0130. The molecular formula is C20H23N7O3. The first-order valence-electron chi connectivity index (χ1n) is 9.23. The number of tetrazole rings is 1. The van der Waals surface area contributed by atoms with Crippen LogP contribution in [0.2, 0.25) is 0 Å². The summed E-state index contributed by atoms with van der Waals surface area (Å²) in [4.78, 5) is 24.2. The number of hydrogen-bond donors (Lipinski definition) is 3. The van der Waals surface area contributed by atoms with Crippen LogP contribution in [0.1, 0.15) is 29.4 Å². The van der Waals surface area contributed by atoms with Crippen LogP contribution in [0, 0.1) is 13.8 Å². The summed E-state index contributed by atoms with van der Waals surface area (Å²) in [5.41, 5.74) is 8.21. The van der Waals surface area contributed by atoms with E-state index in [4.69, 9.17) is 10.5 Å². The highest BCUT2D eigenvalue weighted by molar-refractivity contribution is 5.92. The molecule has 30 heavy (non-hydrogen) atoms. The maximum absolute atomic E-state index is 12.7. The van der Waals surface area contributed by atoms with Crippen LogP contribution in [-0.2, 0) is 4.79 Å². The van der Waals surface area contributed by atoms with Crippen LogP contribution in [-0.4, -0.2) is 39.3 Å². The van der Waals surface area contributed by atoms with Gasteiger partial charge in [-0.3, -0.25) is 4.79 Å². The van der Waals surface area contributed by atoms with E-state index in [0.29, 0.717) is 22.9 Å². The lowest BCUT2D eigenvalue weighted by atomic mass is 9.98. The van der Waals surface area contributed by atoms with Gasteiger partial charge in [-0.2, -0.15) is 4.68 Å². The van der Waals surface area contributed by atoms with E-state index in [9.17, 15) is 9.59 Å². The molecule has 0 bridgehead atoms. The Morgan fingerprint density at radius 2 is 1.97 bits per heavy atom. The number of nitrogens with two attached hydrogens (primary N) is 1. The van der Waals surface area contributed by atoms with Gasteiger partial charge in [0.05, 0.1) is 19.6 Å². The van der Waals surface area contributed by atoms with Gasteiger partial charge in [-0.15, -0.1) is 5.10 Å². The molecule has 0 saturated carbocycles. The lowest BCUT2D eigenvalue weighted by molar-refractivity contribution is -0.116.